The van der Waals surface area contributed by atoms with Gasteiger partial charge in [0.2, 0.25) is 5.91 Å². The molecule has 3 amide bonds. The molecule has 0 radical (unpaired) electrons. The number of benzene rings is 2. The highest BCUT2D eigenvalue weighted by Gasteiger charge is 2.23. The first-order chi connectivity index (χ1) is 17.4. The molecule has 3 rings (SSSR count). The number of carbonyl (C=O) groups excluding carboxylic acids is 2. The highest BCUT2D eigenvalue weighted by molar-refractivity contribution is 7.10. The molecule has 3 aromatic rings. The molecule has 1 heterocycles. The standard InChI is InChI=1S/C29H37N3O3S/c1-5-35-17-10-16-31(29(34)30-26-14-9-11-22(2)24(26)4)21-28(33)32(19-25-12-7-6-8-13-25)20-27-23(3)15-18-36-27/h6-9,11-15,18H,5,10,16-17,19-21H2,1-4H3,(H,30,34). The Morgan fingerprint density at radius 1 is 0.917 bits per heavy atom. The van der Waals surface area contributed by atoms with Crippen molar-refractivity contribution in [3.05, 3.63) is 87.1 Å². The molecular weight excluding hydrogens is 470 g/mol. The van der Waals surface area contributed by atoms with E-state index in [1.54, 1.807) is 16.2 Å². The van der Waals surface area contributed by atoms with E-state index in [-0.39, 0.29) is 18.5 Å². The third-order valence-electron chi connectivity index (χ3n) is 6.25. The summed E-state index contributed by atoms with van der Waals surface area (Å²) in [6.07, 6.45) is 0.657. The molecule has 1 aromatic heterocycles. The molecule has 0 bridgehead atoms. The molecule has 6 nitrogen and oxygen atoms in total. The average molecular weight is 508 g/mol. The van der Waals surface area contributed by atoms with Crippen LogP contribution in [0.15, 0.2) is 60.0 Å². The molecular formula is C29H37N3O3S. The summed E-state index contributed by atoms with van der Waals surface area (Å²) in [6.45, 7) is 10.6. The van der Waals surface area contributed by atoms with Crippen molar-refractivity contribution < 1.29 is 14.3 Å². The first-order valence-corrected chi connectivity index (χ1v) is 13.3. The number of carbonyl (C=O) groups is 2. The minimum Gasteiger partial charge on any atom is -0.382 e. The van der Waals surface area contributed by atoms with E-state index >= 15 is 0 Å². The summed E-state index contributed by atoms with van der Waals surface area (Å²) < 4.78 is 5.48. The van der Waals surface area contributed by atoms with Gasteiger partial charge in [0.1, 0.15) is 6.54 Å². The summed E-state index contributed by atoms with van der Waals surface area (Å²) in [5, 5.41) is 5.07. The summed E-state index contributed by atoms with van der Waals surface area (Å²) in [5.41, 5.74) is 5.12. The minimum atomic E-state index is -0.277. The predicted molar refractivity (Wildman–Crippen MR) is 147 cm³/mol. The monoisotopic (exact) mass is 507 g/mol. The molecule has 0 aliphatic rings. The number of nitrogens with one attached hydrogen (secondary N) is 1. The molecule has 0 saturated heterocycles. The van der Waals surface area contributed by atoms with Gasteiger partial charge in [0.15, 0.2) is 0 Å². The van der Waals surface area contributed by atoms with E-state index in [4.69, 9.17) is 4.74 Å². The topological polar surface area (TPSA) is 61.9 Å². The maximum atomic E-state index is 13.6. The lowest BCUT2D eigenvalue weighted by atomic mass is 10.1. The second-order valence-corrected chi connectivity index (χ2v) is 9.91. The fourth-order valence-electron chi connectivity index (χ4n) is 3.87. The smallest absolute Gasteiger partial charge is 0.322 e. The predicted octanol–water partition coefficient (Wildman–Crippen LogP) is 6.16. The van der Waals surface area contributed by atoms with Crippen molar-refractivity contribution in [2.45, 2.75) is 47.2 Å². The van der Waals surface area contributed by atoms with Gasteiger partial charge in [-0.25, -0.2) is 4.79 Å². The Labute approximate surface area is 218 Å². The zero-order chi connectivity index (χ0) is 25.9. The van der Waals surface area contributed by atoms with Crippen LogP contribution in [-0.2, 0) is 22.6 Å². The van der Waals surface area contributed by atoms with Crippen LogP contribution in [0.3, 0.4) is 0 Å². The number of hydrogen-bond acceptors (Lipinski definition) is 4. The number of amides is 3. The number of hydrogen-bond donors (Lipinski definition) is 1. The lowest BCUT2D eigenvalue weighted by molar-refractivity contribution is -0.133. The van der Waals surface area contributed by atoms with Crippen molar-refractivity contribution in [2.75, 3.05) is 31.6 Å². The number of aryl methyl sites for hydroxylation is 2. The minimum absolute atomic E-state index is 0.0000775. The Kier molecular flexibility index (Phi) is 10.5. The van der Waals surface area contributed by atoms with E-state index < -0.39 is 0 Å². The maximum absolute atomic E-state index is 13.6. The van der Waals surface area contributed by atoms with E-state index in [9.17, 15) is 9.59 Å². The van der Waals surface area contributed by atoms with Gasteiger partial charge in [0, 0.05) is 36.9 Å². The second kappa shape index (κ2) is 13.8. The van der Waals surface area contributed by atoms with Crippen LogP contribution in [0.2, 0.25) is 0 Å². The van der Waals surface area contributed by atoms with Gasteiger partial charge >= 0.3 is 6.03 Å². The summed E-state index contributed by atoms with van der Waals surface area (Å²) in [7, 11) is 0. The van der Waals surface area contributed by atoms with E-state index in [0.717, 1.165) is 27.3 Å². The van der Waals surface area contributed by atoms with Crippen LogP contribution < -0.4 is 5.32 Å². The van der Waals surface area contributed by atoms with Crippen LogP contribution in [0.5, 0.6) is 0 Å². The maximum Gasteiger partial charge on any atom is 0.322 e. The molecule has 0 aliphatic heterocycles. The third-order valence-corrected chi connectivity index (χ3v) is 7.26. The van der Waals surface area contributed by atoms with E-state index in [2.05, 4.69) is 18.3 Å². The highest BCUT2D eigenvalue weighted by atomic mass is 32.1. The number of thiophene rings is 1. The molecule has 36 heavy (non-hydrogen) atoms. The Bertz CT molecular complexity index is 1130. The summed E-state index contributed by atoms with van der Waals surface area (Å²) in [6, 6.07) is 17.6. The molecule has 1 N–H and O–H groups in total. The van der Waals surface area contributed by atoms with E-state index in [1.807, 2.05) is 79.6 Å². The molecule has 0 aliphatic carbocycles. The highest BCUT2D eigenvalue weighted by Crippen LogP contribution is 2.21. The van der Waals surface area contributed by atoms with E-state index in [1.165, 1.54) is 5.56 Å². The van der Waals surface area contributed by atoms with Crippen molar-refractivity contribution in [1.82, 2.24) is 9.80 Å². The fourth-order valence-corrected chi connectivity index (χ4v) is 4.79. The zero-order valence-electron chi connectivity index (χ0n) is 21.8. The van der Waals surface area contributed by atoms with Gasteiger partial charge < -0.3 is 19.9 Å². The first kappa shape index (κ1) is 27.4. The number of anilines is 1. The lowest BCUT2D eigenvalue weighted by Crippen LogP contribution is -2.44. The number of rotatable bonds is 12. The van der Waals surface area contributed by atoms with Gasteiger partial charge in [-0.3, -0.25) is 4.79 Å². The van der Waals surface area contributed by atoms with Crippen molar-refractivity contribution in [2.24, 2.45) is 0 Å². The number of nitrogens with zero attached hydrogens (tertiary/aromatic N) is 2. The molecule has 0 fully saturated rings. The van der Waals surface area contributed by atoms with Crippen molar-refractivity contribution in [3.63, 3.8) is 0 Å². The quantitative estimate of drug-likeness (QED) is 0.299. The zero-order valence-corrected chi connectivity index (χ0v) is 22.6. The van der Waals surface area contributed by atoms with Gasteiger partial charge in [-0.2, -0.15) is 0 Å². The molecule has 0 spiro atoms. The van der Waals surface area contributed by atoms with Crippen LogP contribution in [0.25, 0.3) is 0 Å². The van der Waals surface area contributed by atoms with Crippen LogP contribution in [-0.4, -0.2) is 48.0 Å². The summed E-state index contributed by atoms with van der Waals surface area (Å²) >= 11 is 1.65. The SMILES string of the molecule is CCOCCCN(CC(=O)N(Cc1ccccc1)Cc1sccc1C)C(=O)Nc1cccc(C)c1C. The Morgan fingerprint density at radius 3 is 2.39 bits per heavy atom. The van der Waals surface area contributed by atoms with Gasteiger partial charge in [0.05, 0.1) is 6.54 Å². The molecule has 2 aromatic carbocycles. The lowest BCUT2D eigenvalue weighted by Gasteiger charge is -2.28. The normalized spacial score (nSPS) is 10.8. The van der Waals surface area contributed by atoms with Crippen LogP contribution in [0, 0.1) is 20.8 Å². The second-order valence-electron chi connectivity index (χ2n) is 8.91. The molecule has 0 atom stereocenters. The summed E-state index contributed by atoms with van der Waals surface area (Å²) in [5.74, 6) is -0.0841. The van der Waals surface area contributed by atoms with Crippen LogP contribution >= 0.6 is 11.3 Å². The van der Waals surface area contributed by atoms with Crippen LogP contribution in [0.4, 0.5) is 10.5 Å². The fraction of sp³-hybridized carbons (Fsp3) is 0.379. The number of urea groups is 1. The van der Waals surface area contributed by atoms with Gasteiger partial charge in [-0.05, 0) is 73.9 Å². The van der Waals surface area contributed by atoms with Gasteiger partial charge in [-0.1, -0.05) is 42.5 Å². The van der Waals surface area contributed by atoms with Crippen molar-refractivity contribution >= 4 is 29.0 Å². The van der Waals surface area contributed by atoms with Crippen molar-refractivity contribution in [3.8, 4) is 0 Å². The Morgan fingerprint density at radius 2 is 1.69 bits per heavy atom. The third kappa shape index (κ3) is 7.93. The van der Waals surface area contributed by atoms with Crippen molar-refractivity contribution in [1.29, 1.82) is 0 Å². The largest absolute Gasteiger partial charge is 0.382 e. The van der Waals surface area contributed by atoms with Gasteiger partial charge in [-0.15, -0.1) is 11.3 Å². The molecule has 0 unspecified atom stereocenters. The first-order valence-electron chi connectivity index (χ1n) is 12.4. The average Bonchev–Trinajstić information content (AvgIpc) is 3.28. The Hall–Kier alpha value is -3.16. The number of ether oxygens (including phenoxy) is 1. The van der Waals surface area contributed by atoms with E-state index in [0.29, 0.717) is 39.3 Å². The van der Waals surface area contributed by atoms with Crippen LogP contribution in [0.1, 0.15) is 40.5 Å². The molecule has 7 heteroatoms. The summed E-state index contributed by atoms with van der Waals surface area (Å²) in [4.78, 5) is 31.6. The Balaban J connectivity index is 1.78. The molecule has 192 valence electrons. The molecule has 0 saturated carbocycles. The van der Waals surface area contributed by atoms with Gasteiger partial charge in [0.25, 0.3) is 0 Å².